The van der Waals surface area contributed by atoms with E-state index in [1.165, 1.54) is 7.11 Å². The van der Waals surface area contributed by atoms with E-state index in [9.17, 15) is 9.59 Å². The molecule has 0 saturated carbocycles. The Labute approximate surface area is 148 Å². The molecule has 1 heterocycles. The highest BCUT2D eigenvalue weighted by atomic mass is 16.5. The van der Waals surface area contributed by atoms with E-state index in [-0.39, 0.29) is 5.91 Å². The quantitative estimate of drug-likeness (QED) is 0.819. The first kappa shape index (κ1) is 18.7. The smallest absolute Gasteiger partial charge is 0.331 e. The second kappa shape index (κ2) is 7.51. The topological polar surface area (TPSA) is 73.2 Å². The third-order valence-corrected chi connectivity index (χ3v) is 4.16. The minimum absolute atomic E-state index is 0.304. The average Bonchev–Trinajstić information content (AvgIpc) is 2.92. The van der Waals surface area contributed by atoms with Gasteiger partial charge >= 0.3 is 5.97 Å². The molecule has 0 spiro atoms. The number of nitrogens with zero attached hydrogens (tertiary/aromatic N) is 2. The Morgan fingerprint density at radius 1 is 1.24 bits per heavy atom. The highest BCUT2D eigenvalue weighted by molar-refractivity contribution is 5.98. The van der Waals surface area contributed by atoms with Gasteiger partial charge in [0.15, 0.2) is 0 Å². The van der Waals surface area contributed by atoms with Crippen LogP contribution in [0, 0.1) is 13.8 Å². The van der Waals surface area contributed by atoms with E-state index in [0.29, 0.717) is 12.0 Å². The normalized spacial score (nSPS) is 13.2. The second-order valence-corrected chi connectivity index (χ2v) is 6.41. The summed E-state index contributed by atoms with van der Waals surface area (Å²) < 4.78 is 6.66. The van der Waals surface area contributed by atoms with Crippen LogP contribution in [0.2, 0.25) is 0 Å². The molecule has 0 aliphatic rings. The van der Waals surface area contributed by atoms with Crippen molar-refractivity contribution in [2.75, 3.05) is 7.11 Å². The van der Waals surface area contributed by atoms with Crippen LogP contribution < -0.4 is 5.32 Å². The first-order chi connectivity index (χ1) is 11.8. The molecule has 6 heteroatoms. The van der Waals surface area contributed by atoms with E-state index >= 15 is 0 Å². The average molecular weight is 343 g/mol. The summed E-state index contributed by atoms with van der Waals surface area (Å²) in [6, 6.07) is 9.12. The minimum atomic E-state index is -1.03. The zero-order chi connectivity index (χ0) is 18.6. The molecule has 2 rings (SSSR count). The third kappa shape index (κ3) is 4.07. The van der Waals surface area contributed by atoms with Crippen molar-refractivity contribution in [3.63, 3.8) is 0 Å². The summed E-state index contributed by atoms with van der Waals surface area (Å²) in [7, 11) is 1.32. The molecular weight excluding hydrogens is 318 g/mol. The Morgan fingerprint density at radius 2 is 1.88 bits per heavy atom. The van der Waals surface area contributed by atoms with Gasteiger partial charge in [-0.05, 0) is 57.5 Å². The molecule has 6 nitrogen and oxygen atoms in total. The summed E-state index contributed by atoms with van der Waals surface area (Å²) in [5, 5.41) is 7.23. The molecule has 0 fully saturated rings. The molecular formula is C19H25N3O3. The van der Waals surface area contributed by atoms with Gasteiger partial charge in [-0.25, -0.2) is 9.48 Å². The number of hydrogen-bond donors (Lipinski definition) is 1. The van der Waals surface area contributed by atoms with E-state index < -0.39 is 11.5 Å². The number of ether oxygens (including phenoxy) is 1. The molecule has 134 valence electrons. The van der Waals surface area contributed by atoms with Gasteiger partial charge in [0.2, 0.25) is 0 Å². The van der Waals surface area contributed by atoms with E-state index in [2.05, 4.69) is 10.4 Å². The summed E-state index contributed by atoms with van der Waals surface area (Å²) in [5.41, 5.74) is 2.29. The number of esters is 1. The van der Waals surface area contributed by atoms with Gasteiger partial charge in [-0.1, -0.05) is 13.3 Å². The van der Waals surface area contributed by atoms with Crippen LogP contribution in [0.15, 0.2) is 30.3 Å². The second-order valence-electron chi connectivity index (χ2n) is 6.41. The van der Waals surface area contributed by atoms with Gasteiger partial charge in [0.05, 0.1) is 18.5 Å². The molecule has 0 bridgehead atoms. The van der Waals surface area contributed by atoms with Gasteiger partial charge in [0.1, 0.15) is 5.54 Å². The molecule has 1 unspecified atom stereocenters. The van der Waals surface area contributed by atoms with Crippen LogP contribution in [0.1, 0.15) is 48.4 Å². The lowest BCUT2D eigenvalue weighted by Gasteiger charge is -2.27. The maximum Gasteiger partial charge on any atom is 0.331 e. The van der Waals surface area contributed by atoms with Crippen LogP contribution >= 0.6 is 0 Å². The van der Waals surface area contributed by atoms with Crippen LogP contribution in [0.5, 0.6) is 0 Å². The summed E-state index contributed by atoms with van der Waals surface area (Å²) in [5.74, 6) is -0.747. The van der Waals surface area contributed by atoms with Gasteiger partial charge < -0.3 is 10.1 Å². The van der Waals surface area contributed by atoms with Crippen molar-refractivity contribution in [3.8, 4) is 5.69 Å². The summed E-state index contributed by atoms with van der Waals surface area (Å²) in [4.78, 5) is 24.6. The van der Waals surface area contributed by atoms with Gasteiger partial charge in [0.25, 0.3) is 5.91 Å². The molecule has 1 amide bonds. The molecule has 25 heavy (non-hydrogen) atoms. The fourth-order valence-corrected chi connectivity index (χ4v) is 2.91. The van der Waals surface area contributed by atoms with E-state index in [1.807, 2.05) is 43.7 Å². The number of amides is 1. The summed E-state index contributed by atoms with van der Waals surface area (Å²) in [6.45, 7) is 7.56. The fourth-order valence-electron chi connectivity index (χ4n) is 2.91. The molecule has 0 radical (unpaired) electrons. The highest BCUT2D eigenvalue weighted by Gasteiger charge is 2.35. The number of methoxy groups -OCH3 is 1. The molecule has 0 aliphatic heterocycles. The van der Waals surface area contributed by atoms with Crippen molar-refractivity contribution in [2.24, 2.45) is 0 Å². The number of hydrogen-bond acceptors (Lipinski definition) is 4. The van der Waals surface area contributed by atoms with Crippen molar-refractivity contribution >= 4 is 11.9 Å². The number of rotatable bonds is 6. The van der Waals surface area contributed by atoms with E-state index in [0.717, 1.165) is 23.5 Å². The maximum atomic E-state index is 12.5. The van der Waals surface area contributed by atoms with Crippen molar-refractivity contribution < 1.29 is 14.3 Å². The number of nitrogens with one attached hydrogen (secondary N) is 1. The number of benzene rings is 1. The van der Waals surface area contributed by atoms with Gasteiger partial charge in [-0.3, -0.25) is 4.79 Å². The molecule has 1 aromatic heterocycles. The lowest BCUT2D eigenvalue weighted by atomic mass is 9.95. The van der Waals surface area contributed by atoms with Gasteiger partial charge in [0, 0.05) is 11.3 Å². The Morgan fingerprint density at radius 3 is 2.36 bits per heavy atom. The molecule has 0 aliphatic carbocycles. The molecule has 1 N–H and O–H groups in total. The van der Waals surface area contributed by atoms with Crippen LogP contribution in [0.4, 0.5) is 0 Å². The van der Waals surface area contributed by atoms with Crippen molar-refractivity contribution in [1.29, 1.82) is 0 Å². The van der Waals surface area contributed by atoms with Crippen molar-refractivity contribution in [3.05, 3.63) is 47.3 Å². The first-order valence-electron chi connectivity index (χ1n) is 8.35. The van der Waals surface area contributed by atoms with Gasteiger partial charge in [-0.15, -0.1) is 0 Å². The van der Waals surface area contributed by atoms with Crippen molar-refractivity contribution in [1.82, 2.24) is 15.1 Å². The Bertz CT molecular complexity index is 765. The van der Waals surface area contributed by atoms with Crippen LogP contribution in [-0.2, 0) is 9.53 Å². The summed E-state index contributed by atoms with van der Waals surface area (Å²) in [6.07, 6.45) is 1.26. The number of carbonyl (C=O) groups is 2. The molecule has 1 aromatic carbocycles. The lowest BCUT2D eigenvalue weighted by Crippen LogP contribution is -2.52. The standard InChI is InChI=1S/C19H25N3O3/c1-6-11-19(4,18(24)25-5)20-17(23)15-7-9-16(10-8-15)22-14(3)12-13(2)21-22/h7-10,12H,6,11H2,1-5H3,(H,20,23). The number of aryl methyl sites for hydroxylation is 2. The zero-order valence-electron chi connectivity index (χ0n) is 15.4. The molecule has 1 atom stereocenters. The minimum Gasteiger partial charge on any atom is -0.467 e. The lowest BCUT2D eigenvalue weighted by molar-refractivity contribution is -0.147. The summed E-state index contributed by atoms with van der Waals surface area (Å²) >= 11 is 0. The third-order valence-electron chi connectivity index (χ3n) is 4.16. The first-order valence-corrected chi connectivity index (χ1v) is 8.35. The Hall–Kier alpha value is -2.63. The maximum absolute atomic E-state index is 12.5. The van der Waals surface area contributed by atoms with E-state index in [4.69, 9.17) is 4.74 Å². The predicted molar refractivity (Wildman–Crippen MR) is 95.8 cm³/mol. The Kier molecular flexibility index (Phi) is 5.62. The largest absolute Gasteiger partial charge is 0.467 e. The number of aromatic nitrogens is 2. The van der Waals surface area contributed by atoms with Crippen LogP contribution in [0.3, 0.4) is 0 Å². The monoisotopic (exact) mass is 343 g/mol. The van der Waals surface area contributed by atoms with Crippen LogP contribution in [-0.4, -0.2) is 34.3 Å². The molecule has 0 saturated heterocycles. The van der Waals surface area contributed by atoms with Crippen molar-refractivity contribution in [2.45, 2.75) is 46.1 Å². The van der Waals surface area contributed by atoms with Crippen LogP contribution in [0.25, 0.3) is 5.69 Å². The molecule has 2 aromatic rings. The predicted octanol–water partition coefficient (Wildman–Crippen LogP) is 2.95. The highest BCUT2D eigenvalue weighted by Crippen LogP contribution is 2.17. The Balaban J connectivity index is 2.20. The van der Waals surface area contributed by atoms with Gasteiger partial charge in [-0.2, -0.15) is 5.10 Å². The fraction of sp³-hybridized carbons (Fsp3) is 0.421. The van der Waals surface area contributed by atoms with E-state index in [1.54, 1.807) is 19.1 Å². The zero-order valence-corrected chi connectivity index (χ0v) is 15.4. The SMILES string of the molecule is CCCC(C)(NC(=O)c1ccc(-n2nc(C)cc2C)cc1)C(=O)OC. The number of carbonyl (C=O) groups excluding carboxylic acids is 2.